The maximum atomic E-state index is 6.11. The Hall–Kier alpha value is -0.0400. The van der Waals surface area contributed by atoms with Gasteiger partial charge in [-0.2, -0.15) is 0 Å². The summed E-state index contributed by atoms with van der Waals surface area (Å²) in [4.78, 5) is 0. The second-order valence-electron chi connectivity index (χ2n) is 5.79. The highest BCUT2D eigenvalue weighted by Gasteiger charge is 2.37. The first-order valence-corrected chi connectivity index (χ1v) is 5.72. The fraction of sp³-hybridized carbons (Fsp3) is 1.00. The normalized spacial score (nSPS) is 39.5. The molecule has 0 spiro atoms. The van der Waals surface area contributed by atoms with Crippen molar-refractivity contribution in [3.63, 3.8) is 0 Å². The van der Waals surface area contributed by atoms with Crippen molar-refractivity contribution < 1.29 is 4.74 Å². The SMILES string of the molecule is CC(C)(C)O[C@@H]1CC[C@H]2CC[C@@H]1C2. The molecule has 0 saturated heterocycles. The number of hydrogen-bond donors (Lipinski definition) is 0. The number of ether oxygens (including phenoxy) is 1. The molecule has 2 fully saturated rings. The Bertz CT molecular complexity index is 180. The predicted molar refractivity (Wildman–Crippen MR) is 54.7 cm³/mol. The summed E-state index contributed by atoms with van der Waals surface area (Å²) >= 11 is 0. The zero-order chi connectivity index (χ0) is 9.47. The highest BCUT2D eigenvalue weighted by molar-refractivity contribution is 4.88. The van der Waals surface area contributed by atoms with Crippen LogP contribution in [0, 0.1) is 11.8 Å². The van der Waals surface area contributed by atoms with E-state index in [9.17, 15) is 0 Å². The molecule has 0 aromatic rings. The van der Waals surface area contributed by atoms with Crippen molar-refractivity contribution >= 4 is 0 Å². The van der Waals surface area contributed by atoms with Crippen LogP contribution >= 0.6 is 0 Å². The average molecular weight is 182 g/mol. The molecule has 2 aliphatic rings. The molecule has 2 rings (SSSR count). The Morgan fingerprint density at radius 2 is 1.69 bits per heavy atom. The second kappa shape index (κ2) is 3.27. The third-order valence-electron chi connectivity index (χ3n) is 3.47. The van der Waals surface area contributed by atoms with E-state index in [1.165, 1.54) is 32.1 Å². The van der Waals surface area contributed by atoms with Crippen LogP contribution < -0.4 is 0 Å². The van der Waals surface area contributed by atoms with Crippen LogP contribution in [-0.2, 0) is 4.74 Å². The standard InChI is InChI=1S/C12H22O/c1-12(2,3)13-11-7-5-9-4-6-10(11)8-9/h9-11H,4-8H2,1-3H3/t9-,10-,11-/m1/s1. The van der Waals surface area contributed by atoms with E-state index in [1.807, 2.05) is 0 Å². The molecule has 3 atom stereocenters. The summed E-state index contributed by atoms with van der Waals surface area (Å²) in [7, 11) is 0. The molecule has 0 heterocycles. The van der Waals surface area contributed by atoms with Gasteiger partial charge in [-0.15, -0.1) is 0 Å². The highest BCUT2D eigenvalue weighted by atomic mass is 16.5. The summed E-state index contributed by atoms with van der Waals surface area (Å²) < 4.78 is 6.11. The molecular formula is C12H22O. The van der Waals surface area contributed by atoms with Gasteiger partial charge in [0.05, 0.1) is 11.7 Å². The van der Waals surface area contributed by atoms with Crippen LogP contribution in [0.2, 0.25) is 0 Å². The van der Waals surface area contributed by atoms with E-state index < -0.39 is 0 Å². The molecule has 0 aromatic carbocycles. The molecule has 0 radical (unpaired) electrons. The van der Waals surface area contributed by atoms with E-state index in [-0.39, 0.29) is 5.60 Å². The van der Waals surface area contributed by atoms with Gasteiger partial charge in [0, 0.05) is 0 Å². The van der Waals surface area contributed by atoms with Gasteiger partial charge in [0.15, 0.2) is 0 Å². The van der Waals surface area contributed by atoms with E-state index in [1.54, 1.807) is 0 Å². The van der Waals surface area contributed by atoms with Crippen LogP contribution in [0.3, 0.4) is 0 Å². The Labute approximate surface area is 81.9 Å². The first-order valence-electron chi connectivity index (χ1n) is 5.72. The molecule has 0 N–H and O–H groups in total. The van der Waals surface area contributed by atoms with Gasteiger partial charge in [0.25, 0.3) is 0 Å². The summed E-state index contributed by atoms with van der Waals surface area (Å²) in [6.07, 6.45) is 7.63. The van der Waals surface area contributed by atoms with Crippen LogP contribution in [-0.4, -0.2) is 11.7 Å². The topological polar surface area (TPSA) is 9.23 Å². The summed E-state index contributed by atoms with van der Waals surface area (Å²) in [5.74, 6) is 1.93. The molecule has 1 nitrogen and oxygen atoms in total. The number of rotatable bonds is 1. The van der Waals surface area contributed by atoms with Crippen LogP contribution in [0.15, 0.2) is 0 Å². The van der Waals surface area contributed by atoms with Crippen LogP contribution in [0.5, 0.6) is 0 Å². The molecule has 1 heteroatoms. The lowest BCUT2D eigenvalue weighted by molar-refractivity contribution is -0.0952. The van der Waals surface area contributed by atoms with Crippen LogP contribution in [0.1, 0.15) is 52.9 Å². The molecule has 2 saturated carbocycles. The minimum atomic E-state index is 0.0556. The van der Waals surface area contributed by atoms with Crippen LogP contribution in [0.25, 0.3) is 0 Å². The van der Waals surface area contributed by atoms with E-state index in [0.29, 0.717) is 6.10 Å². The van der Waals surface area contributed by atoms with Crippen molar-refractivity contribution in [2.24, 2.45) is 11.8 Å². The van der Waals surface area contributed by atoms with E-state index in [0.717, 1.165) is 11.8 Å². The smallest absolute Gasteiger partial charge is 0.0610 e. The van der Waals surface area contributed by atoms with Gasteiger partial charge in [-0.1, -0.05) is 6.42 Å². The summed E-state index contributed by atoms with van der Waals surface area (Å²) in [6, 6.07) is 0. The van der Waals surface area contributed by atoms with E-state index in [2.05, 4.69) is 20.8 Å². The van der Waals surface area contributed by atoms with Crippen LogP contribution in [0.4, 0.5) is 0 Å². The van der Waals surface area contributed by atoms with Gasteiger partial charge in [-0.05, 0) is 58.3 Å². The highest BCUT2D eigenvalue weighted by Crippen LogP contribution is 2.44. The fourth-order valence-corrected chi connectivity index (χ4v) is 2.96. The van der Waals surface area contributed by atoms with Crippen molar-refractivity contribution in [2.45, 2.75) is 64.6 Å². The molecule has 0 unspecified atom stereocenters. The minimum absolute atomic E-state index is 0.0556. The quantitative estimate of drug-likeness (QED) is 0.604. The number of fused-ring (bicyclic) bond motifs is 2. The van der Waals surface area contributed by atoms with E-state index >= 15 is 0 Å². The van der Waals surface area contributed by atoms with Crippen molar-refractivity contribution in [3.8, 4) is 0 Å². The van der Waals surface area contributed by atoms with Crippen molar-refractivity contribution in [3.05, 3.63) is 0 Å². The second-order valence-corrected chi connectivity index (χ2v) is 5.79. The third kappa shape index (κ3) is 2.25. The Morgan fingerprint density at radius 3 is 2.38 bits per heavy atom. The lowest BCUT2D eigenvalue weighted by Gasteiger charge is -2.34. The lowest BCUT2D eigenvalue weighted by atomic mass is 9.86. The van der Waals surface area contributed by atoms with Gasteiger partial charge in [0.2, 0.25) is 0 Å². The maximum Gasteiger partial charge on any atom is 0.0610 e. The Morgan fingerprint density at radius 1 is 1.00 bits per heavy atom. The van der Waals surface area contributed by atoms with E-state index in [4.69, 9.17) is 4.74 Å². The predicted octanol–water partition coefficient (Wildman–Crippen LogP) is 3.38. The molecule has 2 aliphatic carbocycles. The van der Waals surface area contributed by atoms with Gasteiger partial charge in [-0.25, -0.2) is 0 Å². The molecular weight excluding hydrogens is 160 g/mol. The lowest BCUT2D eigenvalue weighted by Crippen LogP contribution is -2.34. The van der Waals surface area contributed by atoms with Crippen molar-refractivity contribution in [2.75, 3.05) is 0 Å². The van der Waals surface area contributed by atoms with Crippen molar-refractivity contribution in [1.82, 2.24) is 0 Å². The maximum absolute atomic E-state index is 6.11. The largest absolute Gasteiger partial charge is 0.372 e. The van der Waals surface area contributed by atoms with Crippen molar-refractivity contribution in [1.29, 1.82) is 0 Å². The number of hydrogen-bond acceptors (Lipinski definition) is 1. The third-order valence-corrected chi connectivity index (χ3v) is 3.47. The first kappa shape index (κ1) is 9.51. The van der Waals surface area contributed by atoms with Gasteiger partial charge >= 0.3 is 0 Å². The average Bonchev–Trinajstić information content (AvgIpc) is 2.37. The Kier molecular flexibility index (Phi) is 2.39. The zero-order valence-corrected chi connectivity index (χ0v) is 9.18. The Balaban J connectivity index is 1.93. The first-order chi connectivity index (χ1) is 6.04. The zero-order valence-electron chi connectivity index (χ0n) is 9.18. The molecule has 0 aromatic heterocycles. The fourth-order valence-electron chi connectivity index (χ4n) is 2.96. The molecule has 76 valence electrons. The summed E-state index contributed by atoms with van der Waals surface area (Å²) in [5, 5.41) is 0. The summed E-state index contributed by atoms with van der Waals surface area (Å²) in [6.45, 7) is 6.52. The van der Waals surface area contributed by atoms with Gasteiger partial charge in [0.1, 0.15) is 0 Å². The summed E-state index contributed by atoms with van der Waals surface area (Å²) in [5.41, 5.74) is 0.0556. The molecule has 2 bridgehead atoms. The molecule has 13 heavy (non-hydrogen) atoms. The molecule has 0 amide bonds. The van der Waals surface area contributed by atoms with Gasteiger partial charge in [-0.3, -0.25) is 0 Å². The minimum Gasteiger partial charge on any atom is -0.372 e. The monoisotopic (exact) mass is 182 g/mol. The van der Waals surface area contributed by atoms with Gasteiger partial charge < -0.3 is 4.74 Å². The molecule has 0 aliphatic heterocycles.